The number of hydrogen-bond donors (Lipinski definition) is 0. The Hall–Kier alpha value is -2.71. The predicted molar refractivity (Wildman–Crippen MR) is 94.2 cm³/mol. The zero-order valence-electron chi connectivity index (χ0n) is 13.9. The number of benzene rings is 1. The molecular weight excluding hydrogens is 340 g/mol. The lowest BCUT2D eigenvalue weighted by Gasteiger charge is -2.13. The van der Waals surface area contributed by atoms with Gasteiger partial charge in [0, 0.05) is 38.8 Å². The van der Waals surface area contributed by atoms with Gasteiger partial charge in [-0.1, -0.05) is 12.1 Å². The van der Waals surface area contributed by atoms with Gasteiger partial charge in [-0.15, -0.1) is 0 Å². The number of sulfonamides is 1. The first-order valence-corrected chi connectivity index (χ1v) is 9.04. The van der Waals surface area contributed by atoms with Crippen LogP contribution in [0, 0.1) is 0 Å². The van der Waals surface area contributed by atoms with E-state index in [1.165, 1.54) is 37.0 Å². The lowest BCUT2D eigenvalue weighted by molar-refractivity contribution is 0.519. The molecule has 0 saturated carbocycles. The molecule has 0 amide bonds. The third kappa shape index (κ3) is 3.54. The van der Waals surface area contributed by atoms with Crippen molar-refractivity contribution in [2.24, 2.45) is 0 Å². The Kier molecular flexibility index (Phi) is 4.56. The van der Waals surface area contributed by atoms with Gasteiger partial charge in [-0.3, -0.25) is 4.79 Å². The van der Waals surface area contributed by atoms with Crippen LogP contribution >= 0.6 is 0 Å². The van der Waals surface area contributed by atoms with E-state index in [1.807, 2.05) is 36.5 Å². The van der Waals surface area contributed by atoms with E-state index >= 15 is 0 Å². The SMILES string of the molecule is CN(C)S(=O)(=O)c1ccc(=O)n(Cc2ccc(-n3cccn3)cc2)c1. The zero-order chi connectivity index (χ0) is 18.0. The molecule has 0 bridgehead atoms. The summed E-state index contributed by atoms with van der Waals surface area (Å²) in [5.74, 6) is 0. The topological polar surface area (TPSA) is 77.2 Å². The molecule has 7 nitrogen and oxygen atoms in total. The summed E-state index contributed by atoms with van der Waals surface area (Å²) in [5, 5.41) is 4.16. The Bertz CT molecular complexity index is 1020. The molecule has 130 valence electrons. The third-order valence-electron chi connectivity index (χ3n) is 3.79. The molecule has 0 radical (unpaired) electrons. The van der Waals surface area contributed by atoms with Crippen molar-refractivity contribution in [2.75, 3.05) is 14.1 Å². The monoisotopic (exact) mass is 358 g/mol. The van der Waals surface area contributed by atoms with Crippen LogP contribution in [-0.4, -0.2) is 41.2 Å². The number of aromatic nitrogens is 3. The van der Waals surface area contributed by atoms with Gasteiger partial charge in [0.15, 0.2) is 0 Å². The van der Waals surface area contributed by atoms with Crippen molar-refractivity contribution in [3.05, 3.63) is 77.0 Å². The van der Waals surface area contributed by atoms with Crippen molar-refractivity contribution in [3.8, 4) is 5.69 Å². The second kappa shape index (κ2) is 6.66. The van der Waals surface area contributed by atoms with Crippen LogP contribution < -0.4 is 5.56 Å². The first kappa shape index (κ1) is 17.1. The Labute approximate surface area is 145 Å². The Balaban J connectivity index is 1.89. The van der Waals surface area contributed by atoms with Gasteiger partial charge in [-0.05, 0) is 29.8 Å². The molecule has 0 spiro atoms. The summed E-state index contributed by atoms with van der Waals surface area (Å²) < 4.78 is 28.7. The van der Waals surface area contributed by atoms with Crippen molar-refractivity contribution in [1.82, 2.24) is 18.7 Å². The summed E-state index contributed by atoms with van der Waals surface area (Å²) in [6, 6.07) is 12.0. The highest BCUT2D eigenvalue weighted by Crippen LogP contribution is 2.13. The molecular formula is C17H18N4O3S. The minimum Gasteiger partial charge on any atom is -0.310 e. The van der Waals surface area contributed by atoms with Crippen molar-refractivity contribution in [2.45, 2.75) is 11.4 Å². The van der Waals surface area contributed by atoms with Gasteiger partial charge in [-0.25, -0.2) is 17.4 Å². The summed E-state index contributed by atoms with van der Waals surface area (Å²) in [6.07, 6.45) is 4.91. The van der Waals surface area contributed by atoms with Gasteiger partial charge < -0.3 is 4.57 Å². The Morgan fingerprint density at radius 3 is 2.40 bits per heavy atom. The lowest BCUT2D eigenvalue weighted by Crippen LogP contribution is -2.26. The molecule has 0 aliphatic rings. The fourth-order valence-corrected chi connectivity index (χ4v) is 3.29. The molecule has 0 N–H and O–H groups in total. The molecule has 3 aromatic rings. The summed E-state index contributed by atoms with van der Waals surface area (Å²) in [6.45, 7) is 0.287. The predicted octanol–water partition coefficient (Wildman–Crippen LogP) is 1.33. The Morgan fingerprint density at radius 2 is 1.80 bits per heavy atom. The molecule has 2 heterocycles. The smallest absolute Gasteiger partial charge is 0.250 e. The summed E-state index contributed by atoms with van der Waals surface area (Å²) in [7, 11) is -0.668. The van der Waals surface area contributed by atoms with Crippen LogP contribution in [0.2, 0.25) is 0 Å². The average molecular weight is 358 g/mol. The van der Waals surface area contributed by atoms with E-state index in [2.05, 4.69) is 5.10 Å². The molecule has 3 rings (SSSR count). The maximum absolute atomic E-state index is 12.2. The van der Waals surface area contributed by atoms with Crippen molar-refractivity contribution in [3.63, 3.8) is 0 Å². The molecule has 8 heteroatoms. The molecule has 0 unspecified atom stereocenters. The van der Waals surface area contributed by atoms with Gasteiger partial charge >= 0.3 is 0 Å². The number of hydrogen-bond acceptors (Lipinski definition) is 4. The van der Waals surface area contributed by atoms with Crippen LogP contribution in [0.1, 0.15) is 5.56 Å². The molecule has 0 atom stereocenters. The van der Waals surface area contributed by atoms with E-state index in [1.54, 1.807) is 10.9 Å². The van der Waals surface area contributed by atoms with E-state index in [0.29, 0.717) is 0 Å². The lowest BCUT2D eigenvalue weighted by atomic mass is 10.2. The summed E-state index contributed by atoms with van der Waals surface area (Å²) in [5.41, 5.74) is 1.54. The Morgan fingerprint density at radius 1 is 1.08 bits per heavy atom. The van der Waals surface area contributed by atoms with Gasteiger partial charge in [0.1, 0.15) is 0 Å². The van der Waals surface area contributed by atoms with E-state index in [9.17, 15) is 13.2 Å². The zero-order valence-corrected chi connectivity index (χ0v) is 14.7. The van der Waals surface area contributed by atoms with E-state index < -0.39 is 10.0 Å². The van der Waals surface area contributed by atoms with Crippen molar-refractivity contribution < 1.29 is 8.42 Å². The van der Waals surface area contributed by atoms with Crippen LogP contribution in [0.5, 0.6) is 0 Å². The maximum atomic E-state index is 12.2. The van der Waals surface area contributed by atoms with Crippen molar-refractivity contribution >= 4 is 10.0 Å². The molecule has 0 aliphatic heterocycles. The van der Waals surface area contributed by atoms with Gasteiger partial charge in [0.25, 0.3) is 5.56 Å². The van der Waals surface area contributed by atoms with Crippen LogP contribution in [0.25, 0.3) is 5.69 Å². The summed E-state index contributed by atoms with van der Waals surface area (Å²) >= 11 is 0. The molecule has 0 aliphatic carbocycles. The van der Waals surface area contributed by atoms with Crippen LogP contribution in [0.3, 0.4) is 0 Å². The second-order valence-electron chi connectivity index (χ2n) is 5.74. The van der Waals surface area contributed by atoms with E-state index in [4.69, 9.17) is 0 Å². The van der Waals surface area contributed by atoms with Gasteiger partial charge in [0.2, 0.25) is 10.0 Å². The van der Waals surface area contributed by atoms with Crippen molar-refractivity contribution in [1.29, 1.82) is 0 Å². The largest absolute Gasteiger partial charge is 0.310 e. The van der Waals surface area contributed by atoms with Gasteiger partial charge in [0.05, 0.1) is 17.1 Å². The van der Waals surface area contributed by atoms with Crippen LogP contribution in [0.15, 0.2) is 70.7 Å². The molecule has 2 aromatic heterocycles. The van der Waals surface area contributed by atoms with E-state index in [-0.39, 0.29) is 17.0 Å². The number of pyridine rings is 1. The normalized spacial score (nSPS) is 11.8. The second-order valence-corrected chi connectivity index (χ2v) is 7.89. The highest BCUT2D eigenvalue weighted by molar-refractivity contribution is 7.89. The van der Waals surface area contributed by atoms with E-state index in [0.717, 1.165) is 15.6 Å². The van der Waals surface area contributed by atoms with Crippen LogP contribution in [-0.2, 0) is 16.6 Å². The maximum Gasteiger partial charge on any atom is 0.250 e. The standard InChI is InChI=1S/C17H18N4O3S/c1-19(2)25(23,24)16-8-9-17(22)20(13-16)12-14-4-6-15(7-5-14)21-11-3-10-18-21/h3-11,13H,12H2,1-2H3. The molecule has 0 fully saturated rings. The fraction of sp³-hybridized carbons (Fsp3) is 0.176. The van der Waals surface area contributed by atoms with Gasteiger partial charge in [-0.2, -0.15) is 5.10 Å². The minimum atomic E-state index is -3.58. The molecule has 0 saturated heterocycles. The summed E-state index contributed by atoms with van der Waals surface area (Å²) in [4.78, 5) is 12.2. The third-order valence-corrected chi connectivity index (χ3v) is 5.59. The number of nitrogens with zero attached hydrogens (tertiary/aromatic N) is 4. The quantitative estimate of drug-likeness (QED) is 0.689. The molecule has 1 aromatic carbocycles. The highest BCUT2D eigenvalue weighted by Gasteiger charge is 2.18. The number of rotatable bonds is 5. The fourth-order valence-electron chi connectivity index (χ4n) is 2.37. The highest BCUT2D eigenvalue weighted by atomic mass is 32.2. The van der Waals surface area contributed by atoms with Crippen LogP contribution in [0.4, 0.5) is 0 Å². The average Bonchev–Trinajstić information content (AvgIpc) is 3.12. The first-order chi connectivity index (χ1) is 11.9. The molecule has 25 heavy (non-hydrogen) atoms. The first-order valence-electron chi connectivity index (χ1n) is 7.60. The minimum absolute atomic E-state index is 0.0882.